The Hall–Kier alpha value is 0.200. The average Bonchev–Trinajstić information content (AvgIpc) is 1.84. The molecule has 0 saturated carbocycles. The van der Waals surface area contributed by atoms with Crippen LogP contribution in [0.4, 0.5) is 0 Å². The van der Waals surface area contributed by atoms with Crippen LogP contribution in [-0.4, -0.2) is 16.1 Å². The van der Waals surface area contributed by atoms with Crippen LogP contribution in [0.25, 0.3) is 0 Å². The molecule has 1 N–H and O–H groups in total. The monoisotopic (exact) mass is 141 g/mol. The first-order chi connectivity index (χ1) is 3.72. The van der Waals surface area contributed by atoms with Gasteiger partial charge in [0, 0.05) is 13.3 Å². The summed E-state index contributed by atoms with van der Waals surface area (Å²) in [6.07, 6.45) is 0.688. The summed E-state index contributed by atoms with van der Waals surface area (Å²) in [5, 5.41) is 20.6. The zero-order valence-electron chi connectivity index (χ0n) is 6.03. The quantitative estimate of drug-likeness (QED) is 0.212. The summed E-state index contributed by atoms with van der Waals surface area (Å²) in [7, 11) is 0. The zero-order chi connectivity index (χ0) is 6.57. The van der Waals surface area contributed by atoms with Crippen molar-refractivity contribution in [3.05, 3.63) is 5.21 Å². The van der Waals surface area contributed by atoms with Crippen molar-refractivity contribution in [2.45, 2.75) is 26.3 Å². The zero-order valence-corrected chi connectivity index (χ0v) is 8.03. The summed E-state index contributed by atoms with van der Waals surface area (Å²) in [4.78, 5) is 0.278. The molecule has 0 aromatic rings. The van der Waals surface area contributed by atoms with Crippen LogP contribution < -0.4 is 29.6 Å². The van der Waals surface area contributed by atoms with Crippen molar-refractivity contribution >= 4 is 0 Å². The molecular weight excluding hydrogens is 131 g/mol. The molecular formula is C4H10N2NaO2+. The van der Waals surface area contributed by atoms with Gasteiger partial charge in [0.25, 0.3) is 0 Å². The molecule has 0 rings (SSSR count). The Kier molecular flexibility index (Phi) is 8.38. The van der Waals surface area contributed by atoms with E-state index >= 15 is 0 Å². The minimum absolute atomic E-state index is 0. The van der Waals surface area contributed by atoms with E-state index in [-0.39, 0.29) is 40.5 Å². The summed E-state index contributed by atoms with van der Waals surface area (Å²) < 4.78 is 0. The predicted molar refractivity (Wildman–Crippen MR) is 27.6 cm³/mol. The molecule has 0 saturated heterocycles. The van der Waals surface area contributed by atoms with Crippen LogP contribution in [0.2, 0.25) is 0 Å². The smallest absolute Gasteiger partial charge is 0.597 e. The Labute approximate surface area is 76.4 Å². The van der Waals surface area contributed by atoms with E-state index in [0.717, 1.165) is 0 Å². The van der Waals surface area contributed by atoms with E-state index in [2.05, 4.69) is 5.28 Å². The molecule has 0 aliphatic heterocycles. The van der Waals surface area contributed by atoms with Gasteiger partial charge in [-0.05, 0) is 0 Å². The molecule has 0 fully saturated rings. The second-order valence-corrected chi connectivity index (χ2v) is 1.65. The van der Waals surface area contributed by atoms with Crippen molar-refractivity contribution in [1.82, 2.24) is 0 Å². The molecule has 48 valence electrons. The molecule has 9 heavy (non-hydrogen) atoms. The normalized spacial score (nSPS) is 14.2. The first kappa shape index (κ1) is 11.9. The maximum absolute atomic E-state index is 10.2. The van der Waals surface area contributed by atoms with Crippen LogP contribution in [0.5, 0.6) is 0 Å². The number of rotatable bonds is 2. The Morgan fingerprint density at radius 1 is 1.78 bits per heavy atom. The van der Waals surface area contributed by atoms with Gasteiger partial charge in [-0.2, -0.15) is 0 Å². The van der Waals surface area contributed by atoms with Crippen LogP contribution in [0.3, 0.4) is 0 Å². The van der Waals surface area contributed by atoms with Crippen molar-refractivity contribution in [1.29, 1.82) is 0 Å². The topological polar surface area (TPSA) is 58.7 Å². The SMILES string of the molecule is CCC(C)/[N+]([O-])=N\O.[Na+]. The molecule has 0 aromatic carbocycles. The van der Waals surface area contributed by atoms with E-state index in [4.69, 9.17) is 5.21 Å². The fraction of sp³-hybridized carbons (Fsp3) is 1.00. The van der Waals surface area contributed by atoms with Crippen molar-refractivity contribution in [2.24, 2.45) is 5.28 Å². The molecule has 0 aromatic heterocycles. The van der Waals surface area contributed by atoms with Gasteiger partial charge < -0.3 is 10.4 Å². The summed E-state index contributed by atoms with van der Waals surface area (Å²) >= 11 is 0. The molecule has 0 aliphatic carbocycles. The Morgan fingerprint density at radius 2 is 2.22 bits per heavy atom. The van der Waals surface area contributed by atoms with E-state index in [1.165, 1.54) is 0 Å². The minimum Gasteiger partial charge on any atom is -0.597 e. The maximum Gasteiger partial charge on any atom is 1.00 e. The molecule has 5 heteroatoms. The second kappa shape index (κ2) is 6.32. The maximum atomic E-state index is 10.2. The molecule has 0 spiro atoms. The summed E-state index contributed by atoms with van der Waals surface area (Å²) in [5.74, 6) is 0. The van der Waals surface area contributed by atoms with E-state index in [9.17, 15) is 5.21 Å². The average molecular weight is 141 g/mol. The molecule has 1 atom stereocenters. The van der Waals surface area contributed by atoms with Crippen LogP contribution in [0, 0.1) is 5.21 Å². The molecule has 0 aliphatic rings. The predicted octanol–water partition coefficient (Wildman–Crippen LogP) is -1.86. The van der Waals surface area contributed by atoms with Crippen molar-refractivity contribution in [3.63, 3.8) is 0 Å². The minimum atomic E-state index is -0.222. The van der Waals surface area contributed by atoms with Gasteiger partial charge in [0.15, 0.2) is 11.3 Å². The van der Waals surface area contributed by atoms with Crippen molar-refractivity contribution in [3.8, 4) is 0 Å². The van der Waals surface area contributed by atoms with Gasteiger partial charge in [-0.25, -0.2) is 0 Å². The van der Waals surface area contributed by atoms with Gasteiger partial charge in [0.2, 0.25) is 0 Å². The fourth-order valence-electron chi connectivity index (χ4n) is 0.244. The van der Waals surface area contributed by atoms with E-state index in [1.807, 2.05) is 6.92 Å². The van der Waals surface area contributed by atoms with Crippen LogP contribution in [-0.2, 0) is 0 Å². The first-order valence-corrected chi connectivity index (χ1v) is 2.53. The van der Waals surface area contributed by atoms with E-state index in [1.54, 1.807) is 6.92 Å². The molecule has 0 heterocycles. The van der Waals surface area contributed by atoms with Crippen LogP contribution in [0.1, 0.15) is 20.3 Å². The fourth-order valence-corrected chi connectivity index (χ4v) is 0.244. The summed E-state index contributed by atoms with van der Waals surface area (Å²) in [5.41, 5.74) is 0. The van der Waals surface area contributed by atoms with Gasteiger partial charge in [0.05, 0.1) is 0 Å². The summed E-state index contributed by atoms with van der Waals surface area (Å²) in [6.45, 7) is 3.54. The number of hydroxylamine groups is 1. The van der Waals surface area contributed by atoms with Gasteiger partial charge in [-0.15, -0.1) is 0 Å². The molecule has 1 unspecified atom stereocenters. The van der Waals surface area contributed by atoms with Gasteiger partial charge in [-0.1, -0.05) is 11.8 Å². The van der Waals surface area contributed by atoms with Gasteiger partial charge in [-0.3, -0.25) is 0 Å². The van der Waals surface area contributed by atoms with Gasteiger partial charge >= 0.3 is 29.6 Å². The molecule has 4 nitrogen and oxygen atoms in total. The third-order valence-corrected chi connectivity index (χ3v) is 1.06. The van der Waals surface area contributed by atoms with E-state index < -0.39 is 0 Å². The molecule has 0 amide bonds. The van der Waals surface area contributed by atoms with Gasteiger partial charge in [0.1, 0.15) is 0 Å². The molecule has 0 radical (unpaired) electrons. The standard InChI is InChI=1S/C4H10N2O2.Na/c1-3-4(2)6(8)5-7;/h4,7H,3H2,1-2H3;/q;+1/b6-5+;. The third-order valence-electron chi connectivity index (χ3n) is 1.06. The van der Waals surface area contributed by atoms with Crippen molar-refractivity contribution in [2.75, 3.05) is 0 Å². The van der Waals surface area contributed by atoms with Crippen LogP contribution in [0.15, 0.2) is 5.28 Å². The summed E-state index contributed by atoms with van der Waals surface area (Å²) in [6, 6.07) is -0.222. The Bertz CT molecular complexity index is 96.6. The molecule has 0 bridgehead atoms. The van der Waals surface area contributed by atoms with Crippen molar-refractivity contribution < 1.29 is 39.6 Å². The number of nitrogens with zero attached hydrogens (tertiary/aromatic N) is 2. The second-order valence-electron chi connectivity index (χ2n) is 1.65. The Morgan fingerprint density at radius 3 is 2.33 bits per heavy atom. The largest absolute Gasteiger partial charge is 1.00 e. The Balaban J connectivity index is 0. The van der Waals surface area contributed by atoms with E-state index in [0.29, 0.717) is 6.42 Å². The number of hydrogen-bond acceptors (Lipinski definition) is 2. The third kappa shape index (κ3) is 4.69. The first-order valence-electron chi connectivity index (χ1n) is 2.53. The number of hydrogen-bond donors (Lipinski definition) is 1. The van der Waals surface area contributed by atoms with Crippen LogP contribution >= 0.6 is 0 Å².